The zero-order chi connectivity index (χ0) is 20.5. The van der Waals surface area contributed by atoms with E-state index in [-0.39, 0.29) is 0 Å². The summed E-state index contributed by atoms with van der Waals surface area (Å²) < 4.78 is 35.7. The second-order valence-corrected chi connectivity index (χ2v) is 10.3. The molecule has 0 unspecified atom stereocenters. The van der Waals surface area contributed by atoms with Crippen molar-refractivity contribution >= 4 is 48.7 Å². The lowest BCUT2D eigenvalue weighted by atomic mass is 10.2. The molecule has 3 rings (SSSR count). The highest BCUT2D eigenvalue weighted by Gasteiger charge is 2.22. The van der Waals surface area contributed by atoms with Gasteiger partial charge < -0.3 is 9.64 Å². The summed E-state index contributed by atoms with van der Waals surface area (Å²) >= 11 is 7.30. The topological polar surface area (TPSA) is 58.6 Å². The number of benzene rings is 2. The van der Waals surface area contributed by atoms with E-state index in [0.717, 1.165) is 22.2 Å². The third-order valence-corrected chi connectivity index (χ3v) is 7.84. The molecule has 0 aliphatic heterocycles. The fourth-order valence-electron chi connectivity index (χ4n) is 2.79. The maximum Gasteiger partial charge on any atom is 0.271 e. The standard InChI is InChI=1S/C20H23ClN2O3S2/c1-13-5-7-16(12-18(13)26-10-9-23(3)4)22-28(24,25)20-14(2)17-11-15(21)6-8-19(17)27-20/h5-8,11-12,22H,9-10H2,1-4H3. The molecule has 8 heteroatoms. The lowest BCUT2D eigenvalue weighted by molar-refractivity contribution is 0.260. The maximum atomic E-state index is 13.0. The summed E-state index contributed by atoms with van der Waals surface area (Å²) in [6.07, 6.45) is 0. The Labute approximate surface area is 174 Å². The van der Waals surface area contributed by atoms with E-state index >= 15 is 0 Å². The molecule has 1 heterocycles. The zero-order valence-electron chi connectivity index (χ0n) is 16.2. The lowest BCUT2D eigenvalue weighted by Gasteiger charge is -2.14. The van der Waals surface area contributed by atoms with Crippen molar-refractivity contribution in [1.29, 1.82) is 0 Å². The van der Waals surface area contributed by atoms with Gasteiger partial charge in [-0.2, -0.15) is 0 Å². The van der Waals surface area contributed by atoms with Gasteiger partial charge in [0, 0.05) is 22.3 Å². The van der Waals surface area contributed by atoms with Crippen molar-refractivity contribution in [3.8, 4) is 5.75 Å². The van der Waals surface area contributed by atoms with Crippen LogP contribution in [0.25, 0.3) is 10.1 Å². The Morgan fingerprint density at radius 1 is 1.14 bits per heavy atom. The van der Waals surface area contributed by atoms with E-state index in [1.807, 2.05) is 38.1 Å². The minimum absolute atomic E-state index is 0.292. The molecule has 1 N–H and O–H groups in total. The van der Waals surface area contributed by atoms with Crippen LogP contribution in [0.15, 0.2) is 40.6 Å². The molecule has 0 aliphatic rings. The molecule has 0 atom stereocenters. The van der Waals surface area contributed by atoms with E-state index in [2.05, 4.69) is 4.72 Å². The molecule has 0 radical (unpaired) electrons. The van der Waals surface area contributed by atoms with Crippen LogP contribution in [-0.2, 0) is 10.0 Å². The molecule has 150 valence electrons. The predicted molar refractivity (Wildman–Crippen MR) is 118 cm³/mol. The minimum atomic E-state index is -3.72. The molecule has 0 saturated heterocycles. The fourth-order valence-corrected chi connectivity index (χ4v) is 5.75. The smallest absolute Gasteiger partial charge is 0.271 e. The number of hydrogen-bond acceptors (Lipinski definition) is 5. The summed E-state index contributed by atoms with van der Waals surface area (Å²) in [7, 11) is 0.226. The van der Waals surface area contributed by atoms with Crippen LogP contribution < -0.4 is 9.46 Å². The van der Waals surface area contributed by atoms with E-state index in [4.69, 9.17) is 16.3 Å². The van der Waals surface area contributed by atoms with Gasteiger partial charge in [0.05, 0.1) is 5.69 Å². The van der Waals surface area contributed by atoms with Gasteiger partial charge in [0.15, 0.2) is 0 Å². The fraction of sp³-hybridized carbons (Fsp3) is 0.300. The van der Waals surface area contributed by atoms with Gasteiger partial charge in [0.25, 0.3) is 10.0 Å². The highest BCUT2D eigenvalue weighted by atomic mass is 35.5. The molecule has 0 amide bonds. The minimum Gasteiger partial charge on any atom is -0.492 e. The van der Waals surface area contributed by atoms with Crippen molar-refractivity contribution in [1.82, 2.24) is 4.90 Å². The first-order chi connectivity index (χ1) is 13.2. The van der Waals surface area contributed by atoms with Gasteiger partial charge in [-0.15, -0.1) is 11.3 Å². The summed E-state index contributed by atoms with van der Waals surface area (Å²) in [5, 5.41) is 1.44. The lowest BCUT2D eigenvalue weighted by Crippen LogP contribution is -2.19. The number of sulfonamides is 1. The van der Waals surface area contributed by atoms with Gasteiger partial charge in [-0.1, -0.05) is 17.7 Å². The van der Waals surface area contributed by atoms with E-state index in [1.165, 1.54) is 11.3 Å². The second-order valence-electron chi connectivity index (χ2n) is 6.89. The number of nitrogens with zero attached hydrogens (tertiary/aromatic N) is 1. The maximum absolute atomic E-state index is 13.0. The Bertz CT molecular complexity index is 1110. The van der Waals surface area contributed by atoms with Crippen molar-refractivity contribution < 1.29 is 13.2 Å². The van der Waals surface area contributed by atoms with Crippen LogP contribution in [0.3, 0.4) is 0 Å². The van der Waals surface area contributed by atoms with Crippen LogP contribution in [0.5, 0.6) is 5.75 Å². The van der Waals surface area contributed by atoms with Crippen LogP contribution in [0, 0.1) is 13.8 Å². The molecule has 0 bridgehead atoms. The third kappa shape index (κ3) is 4.60. The SMILES string of the molecule is Cc1ccc(NS(=O)(=O)c2sc3ccc(Cl)cc3c2C)cc1OCCN(C)C. The average Bonchev–Trinajstić information content (AvgIpc) is 2.94. The molecular weight excluding hydrogens is 416 g/mol. The Balaban J connectivity index is 1.87. The van der Waals surface area contributed by atoms with Gasteiger partial charge in [0.1, 0.15) is 16.6 Å². The van der Waals surface area contributed by atoms with Crippen LogP contribution in [0.1, 0.15) is 11.1 Å². The summed E-state index contributed by atoms with van der Waals surface area (Å²) in [5.41, 5.74) is 2.12. The quantitative estimate of drug-likeness (QED) is 0.569. The van der Waals surface area contributed by atoms with Crippen molar-refractivity contribution in [3.63, 3.8) is 0 Å². The van der Waals surface area contributed by atoms with E-state index < -0.39 is 10.0 Å². The number of anilines is 1. The van der Waals surface area contributed by atoms with Gasteiger partial charge in [0.2, 0.25) is 0 Å². The normalized spacial score (nSPS) is 11.9. The number of hydrogen-bond donors (Lipinski definition) is 1. The summed E-state index contributed by atoms with van der Waals surface area (Å²) in [5.74, 6) is 0.668. The van der Waals surface area contributed by atoms with Gasteiger partial charge in [-0.05, 0) is 68.7 Å². The number of likely N-dealkylation sites (N-methyl/N-ethyl adjacent to an activating group) is 1. The molecule has 5 nitrogen and oxygen atoms in total. The third-order valence-electron chi connectivity index (χ3n) is 4.33. The molecule has 0 fully saturated rings. The van der Waals surface area contributed by atoms with Crippen LogP contribution >= 0.6 is 22.9 Å². The number of thiophene rings is 1. The first-order valence-electron chi connectivity index (χ1n) is 8.77. The first-order valence-corrected chi connectivity index (χ1v) is 11.4. The highest BCUT2D eigenvalue weighted by Crippen LogP contribution is 2.36. The molecular formula is C20H23ClN2O3S2. The van der Waals surface area contributed by atoms with Crippen molar-refractivity contribution in [2.45, 2.75) is 18.1 Å². The second kappa shape index (κ2) is 8.29. The Kier molecular flexibility index (Phi) is 6.19. The highest BCUT2D eigenvalue weighted by molar-refractivity contribution is 7.94. The molecule has 1 aromatic heterocycles. The van der Waals surface area contributed by atoms with Crippen LogP contribution in [0.4, 0.5) is 5.69 Å². The van der Waals surface area contributed by atoms with E-state index in [9.17, 15) is 8.42 Å². The Hall–Kier alpha value is -1.80. The number of rotatable bonds is 7. The number of fused-ring (bicyclic) bond motifs is 1. The molecule has 2 aromatic carbocycles. The molecule has 0 aliphatic carbocycles. The van der Waals surface area contributed by atoms with Gasteiger partial charge in [-0.3, -0.25) is 4.72 Å². The number of aryl methyl sites for hydroxylation is 2. The number of nitrogens with one attached hydrogen (secondary N) is 1. The molecule has 3 aromatic rings. The van der Waals surface area contributed by atoms with Crippen LogP contribution in [0.2, 0.25) is 5.02 Å². The first kappa shape index (κ1) is 20.9. The Morgan fingerprint density at radius 3 is 2.61 bits per heavy atom. The summed E-state index contributed by atoms with van der Waals surface area (Å²) in [6, 6.07) is 10.7. The molecule has 0 saturated carbocycles. The predicted octanol–water partition coefficient (Wildman–Crippen LogP) is 4.91. The largest absolute Gasteiger partial charge is 0.492 e. The van der Waals surface area contributed by atoms with Crippen molar-refractivity contribution in [3.05, 3.63) is 52.5 Å². The van der Waals surface area contributed by atoms with Gasteiger partial charge in [-0.25, -0.2) is 8.42 Å². The number of ether oxygens (including phenoxy) is 1. The monoisotopic (exact) mass is 438 g/mol. The molecule has 0 spiro atoms. The zero-order valence-corrected chi connectivity index (χ0v) is 18.6. The number of halogens is 1. The Morgan fingerprint density at radius 2 is 1.89 bits per heavy atom. The van der Waals surface area contributed by atoms with E-state index in [0.29, 0.717) is 32.8 Å². The van der Waals surface area contributed by atoms with Crippen molar-refractivity contribution in [2.75, 3.05) is 32.0 Å². The molecule has 28 heavy (non-hydrogen) atoms. The van der Waals surface area contributed by atoms with Gasteiger partial charge >= 0.3 is 0 Å². The van der Waals surface area contributed by atoms with E-state index in [1.54, 1.807) is 31.2 Å². The summed E-state index contributed by atoms with van der Waals surface area (Å²) in [6.45, 7) is 5.04. The summed E-state index contributed by atoms with van der Waals surface area (Å²) in [4.78, 5) is 2.03. The van der Waals surface area contributed by atoms with Crippen molar-refractivity contribution in [2.24, 2.45) is 0 Å². The average molecular weight is 439 g/mol. The van der Waals surface area contributed by atoms with Crippen LogP contribution in [-0.4, -0.2) is 40.6 Å².